The number of aromatic hydroxyl groups is 1. The summed E-state index contributed by atoms with van der Waals surface area (Å²) >= 11 is 0. The molecule has 1 atom stereocenters. The van der Waals surface area contributed by atoms with Crippen LogP contribution in [0.5, 0.6) is 5.75 Å². The van der Waals surface area contributed by atoms with Gasteiger partial charge >= 0.3 is 0 Å². The molecule has 0 aromatic heterocycles. The van der Waals surface area contributed by atoms with Crippen LogP contribution in [0.25, 0.3) is 0 Å². The molecule has 0 saturated carbocycles. The van der Waals surface area contributed by atoms with E-state index in [1.165, 1.54) is 24.0 Å². The standard InChI is InChI=1S/C10H12O/c1-2-4-7-8-5-3-6-9(11)10(7)8/h3,5-7,11H,2,4H2,1H3. The molecule has 1 N–H and O–H groups in total. The summed E-state index contributed by atoms with van der Waals surface area (Å²) in [5.41, 5.74) is 2.54. The van der Waals surface area contributed by atoms with Gasteiger partial charge in [0.15, 0.2) is 0 Å². The fraction of sp³-hybridized carbons (Fsp3) is 0.400. The van der Waals surface area contributed by atoms with Gasteiger partial charge in [0.2, 0.25) is 0 Å². The minimum atomic E-state index is 0.487. The number of benzene rings is 1. The zero-order valence-electron chi connectivity index (χ0n) is 6.67. The Balaban J connectivity index is 2.23. The minimum Gasteiger partial charge on any atom is -0.508 e. The van der Waals surface area contributed by atoms with Crippen molar-refractivity contribution in [1.82, 2.24) is 0 Å². The van der Waals surface area contributed by atoms with Crippen molar-refractivity contribution < 1.29 is 5.11 Å². The summed E-state index contributed by atoms with van der Waals surface area (Å²) in [6, 6.07) is 5.80. The Bertz CT molecular complexity index is 278. The highest BCUT2D eigenvalue weighted by Gasteiger charge is 2.33. The first kappa shape index (κ1) is 6.71. The molecule has 0 spiro atoms. The molecule has 0 amide bonds. The van der Waals surface area contributed by atoms with E-state index in [1.807, 2.05) is 6.07 Å². The lowest BCUT2D eigenvalue weighted by Gasteiger charge is -1.89. The second-order valence-electron chi connectivity index (χ2n) is 3.12. The fourth-order valence-corrected chi connectivity index (χ4v) is 1.74. The zero-order chi connectivity index (χ0) is 7.84. The summed E-state index contributed by atoms with van der Waals surface area (Å²) in [5, 5.41) is 9.37. The molecule has 1 aliphatic rings. The maximum absolute atomic E-state index is 9.37. The number of hydrogen-bond donors (Lipinski definition) is 1. The Morgan fingerprint density at radius 2 is 2.27 bits per heavy atom. The van der Waals surface area contributed by atoms with Crippen molar-refractivity contribution in [2.24, 2.45) is 0 Å². The highest BCUT2D eigenvalue weighted by atomic mass is 16.3. The predicted molar refractivity (Wildman–Crippen MR) is 44.9 cm³/mol. The monoisotopic (exact) mass is 148 g/mol. The van der Waals surface area contributed by atoms with Crippen LogP contribution in [0.3, 0.4) is 0 Å². The first-order valence-corrected chi connectivity index (χ1v) is 4.16. The van der Waals surface area contributed by atoms with Crippen LogP contribution in [0.15, 0.2) is 18.2 Å². The third kappa shape index (κ3) is 0.917. The smallest absolute Gasteiger partial charge is 0.119 e. The number of phenolic OH excluding ortho intramolecular Hbond substituents is 1. The molecule has 0 aliphatic heterocycles. The molecule has 0 saturated heterocycles. The highest BCUT2D eigenvalue weighted by molar-refractivity contribution is 5.59. The lowest BCUT2D eigenvalue weighted by molar-refractivity contribution is 0.472. The number of hydrogen-bond acceptors (Lipinski definition) is 1. The van der Waals surface area contributed by atoms with Crippen molar-refractivity contribution >= 4 is 0 Å². The second-order valence-corrected chi connectivity index (χ2v) is 3.12. The number of rotatable bonds is 2. The maximum atomic E-state index is 9.37. The summed E-state index contributed by atoms with van der Waals surface area (Å²) < 4.78 is 0. The molecule has 11 heavy (non-hydrogen) atoms. The van der Waals surface area contributed by atoms with Gasteiger partial charge in [-0.15, -0.1) is 0 Å². The molecule has 0 bridgehead atoms. The van der Waals surface area contributed by atoms with Gasteiger partial charge in [0, 0.05) is 11.5 Å². The largest absolute Gasteiger partial charge is 0.508 e. The van der Waals surface area contributed by atoms with Gasteiger partial charge in [-0.05, 0) is 18.1 Å². The lowest BCUT2D eigenvalue weighted by atomic mass is 10.2. The van der Waals surface area contributed by atoms with Crippen LogP contribution in [-0.4, -0.2) is 5.11 Å². The maximum Gasteiger partial charge on any atom is 0.119 e. The van der Waals surface area contributed by atoms with Gasteiger partial charge in [-0.1, -0.05) is 25.5 Å². The van der Waals surface area contributed by atoms with Gasteiger partial charge in [0.25, 0.3) is 0 Å². The van der Waals surface area contributed by atoms with E-state index in [-0.39, 0.29) is 0 Å². The van der Waals surface area contributed by atoms with Crippen molar-refractivity contribution in [1.29, 1.82) is 0 Å². The molecule has 1 aromatic rings. The van der Waals surface area contributed by atoms with Gasteiger partial charge in [-0.25, -0.2) is 0 Å². The Morgan fingerprint density at radius 3 is 2.91 bits per heavy atom. The van der Waals surface area contributed by atoms with Crippen molar-refractivity contribution in [3.05, 3.63) is 29.3 Å². The number of phenols is 1. The molecule has 1 aromatic carbocycles. The molecule has 1 heteroatoms. The van der Waals surface area contributed by atoms with Crippen LogP contribution < -0.4 is 0 Å². The van der Waals surface area contributed by atoms with Crippen LogP contribution in [0.2, 0.25) is 0 Å². The molecular formula is C10H12O. The first-order chi connectivity index (χ1) is 5.34. The quantitative estimate of drug-likeness (QED) is 0.683. The van der Waals surface area contributed by atoms with E-state index >= 15 is 0 Å². The summed E-state index contributed by atoms with van der Waals surface area (Å²) in [6.45, 7) is 2.18. The van der Waals surface area contributed by atoms with Gasteiger partial charge in [-0.2, -0.15) is 0 Å². The lowest BCUT2D eigenvalue weighted by Crippen LogP contribution is -1.71. The Labute approximate surface area is 66.7 Å². The zero-order valence-corrected chi connectivity index (χ0v) is 6.67. The van der Waals surface area contributed by atoms with E-state index in [2.05, 4.69) is 13.0 Å². The molecule has 0 fully saturated rings. The molecule has 2 rings (SSSR count). The SMILES string of the molecule is CCCC1c2cccc(O)c21. The minimum absolute atomic E-state index is 0.487. The van der Waals surface area contributed by atoms with Crippen LogP contribution in [0.1, 0.15) is 36.8 Å². The summed E-state index contributed by atoms with van der Waals surface area (Å²) in [5.74, 6) is 1.07. The highest BCUT2D eigenvalue weighted by Crippen LogP contribution is 2.51. The third-order valence-electron chi connectivity index (χ3n) is 2.33. The van der Waals surface area contributed by atoms with Crippen molar-refractivity contribution in [2.45, 2.75) is 25.7 Å². The summed E-state index contributed by atoms with van der Waals surface area (Å²) in [4.78, 5) is 0. The van der Waals surface area contributed by atoms with Crippen molar-refractivity contribution in [3.63, 3.8) is 0 Å². The topological polar surface area (TPSA) is 20.2 Å². The molecule has 0 radical (unpaired) electrons. The Hall–Kier alpha value is -0.980. The molecule has 1 aliphatic carbocycles. The van der Waals surface area contributed by atoms with Crippen LogP contribution in [0.4, 0.5) is 0 Å². The average molecular weight is 148 g/mol. The predicted octanol–water partition coefficient (Wildman–Crippen LogP) is 2.64. The van der Waals surface area contributed by atoms with E-state index in [1.54, 1.807) is 6.07 Å². The van der Waals surface area contributed by atoms with E-state index < -0.39 is 0 Å². The van der Waals surface area contributed by atoms with E-state index in [0.29, 0.717) is 11.7 Å². The van der Waals surface area contributed by atoms with Crippen molar-refractivity contribution in [3.8, 4) is 5.75 Å². The van der Waals surface area contributed by atoms with Crippen molar-refractivity contribution in [2.75, 3.05) is 0 Å². The Kier molecular flexibility index (Phi) is 1.38. The molecule has 0 heterocycles. The number of fused-ring (bicyclic) bond motifs is 1. The Morgan fingerprint density at radius 1 is 1.45 bits per heavy atom. The summed E-state index contributed by atoms with van der Waals surface area (Å²) in [6.07, 6.45) is 2.38. The third-order valence-corrected chi connectivity index (χ3v) is 2.33. The second kappa shape index (κ2) is 2.26. The van der Waals surface area contributed by atoms with Gasteiger partial charge in [0.05, 0.1) is 0 Å². The van der Waals surface area contributed by atoms with E-state index in [9.17, 15) is 5.11 Å². The first-order valence-electron chi connectivity index (χ1n) is 4.16. The van der Waals surface area contributed by atoms with Crippen LogP contribution >= 0.6 is 0 Å². The molecule has 1 nitrogen and oxygen atoms in total. The van der Waals surface area contributed by atoms with Gasteiger partial charge < -0.3 is 5.11 Å². The van der Waals surface area contributed by atoms with E-state index in [0.717, 1.165) is 0 Å². The molecule has 1 unspecified atom stereocenters. The molecule has 58 valence electrons. The average Bonchev–Trinajstić information content (AvgIpc) is 2.66. The van der Waals surface area contributed by atoms with Gasteiger partial charge in [-0.3, -0.25) is 0 Å². The van der Waals surface area contributed by atoms with Crippen LogP contribution in [0, 0.1) is 0 Å². The normalized spacial score (nSPS) is 19.5. The van der Waals surface area contributed by atoms with Gasteiger partial charge in [0.1, 0.15) is 5.75 Å². The fourth-order valence-electron chi connectivity index (χ4n) is 1.74. The van der Waals surface area contributed by atoms with E-state index in [4.69, 9.17) is 0 Å². The van der Waals surface area contributed by atoms with Crippen LogP contribution in [-0.2, 0) is 0 Å². The molecular weight excluding hydrogens is 136 g/mol. The summed E-state index contributed by atoms with van der Waals surface area (Å²) in [7, 11) is 0.